The second-order valence-electron chi connectivity index (χ2n) is 15.9. The molecule has 61 heavy (non-hydrogen) atoms. The van der Waals surface area contributed by atoms with Crippen LogP contribution in [0.25, 0.3) is 94.3 Å². The number of aromatic hydroxyl groups is 1. The van der Waals surface area contributed by atoms with E-state index in [9.17, 15) is 5.11 Å². The van der Waals surface area contributed by atoms with Crippen LogP contribution in [0.5, 0.6) is 5.75 Å². The number of hydrogen-bond acceptors (Lipinski definition) is 4. The van der Waals surface area contributed by atoms with Crippen molar-refractivity contribution in [3.05, 3.63) is 205 Å². The van der Waals surface area contributed by atoms with Crippen molar-refractivity contribution in [2.24, 2.45) is 0 Å². The van der Waals surface area contributed by atoms with E-state index in [1.807, 2.05) is 36.5 Å². The Bertz CT molecular complexity index is 3420. The molecule has 0 saturated heterocycles. The van der Waals surface area contributed by atoms with Gasteiger partial charge >= 0.3 is 0 Å². The van der Waals surface area contributed by atoms with Gasteiger partial charge in [-0.2, -0.15) is 0 Å². The Morgan fingerprint density at radius 3 is 2.03 bits per heavy atom. The van der Waals surface area contributed by atoms with Crippen LogP contribution in [0.1, 0.15) is 25.0 Å². The molecular weight excluding hydrogens is 930 g/mol. The molecule has 0 spiro atoms. The number of para-hydroxylation sites is 3. The molecule has 8 aromatic carbocycles. The topological polar surface area (TPSA) is 64.1 Å². The number of benzene rings is 8. The number of aromatic nitrogens is 3. The average molecular weight is 968 g/mol. The Morgan fingerprint density at radius 2 is 1.25 bits per heavy atom. The Morgan fingerprint density at radius 1 is 0.590 bits per heavy atom. The van der Waals surface area contributed by atoms with Gasteiger partial charge in [-0.05, 0) is 64.4 Å². The summed E-state index contributed by atoms with van der Waals surface area (Å²) in [6.45, 7) is 4.52. The quantitative estimate of drug-likeness (QED) is 0.162. The number of hydrogen-bond donors (Lipinski definition) is 1. The zero-order chi connectivity index (χ0) is 40.4. The van der Waals surface area contributed by atoms with Crippen LogP contribution in [0, 0.1) is 6.07 Å². The molecule has 3 heterocycles. The van der Waals surface area contributed by atoms with E-state index >= 15 is 0 Å². The maximum absolute atomic E-state index is 11.3. The van der Waals surface area contributed by atoms with Gasteiger partial charge in [-0.3, -0.25) is 9.55 Å². The van der Waals surface area contributed by atoms with Crippen LogP contribution in [-0.2, 0) is 26.5 Å². The normalized spacial score (nSPS) is 11.7. The fourth-order valence-corrected chi connectivity index (χ4v) is 8.74. The summed E-state index contributed by atoms with van der Waals surface area (Å²) in [4.78, 5) is 10.4. The number of fused-ring (bicyclic) bond motifs is 5. The van der Waals surface area contributed by atoms with Crippen molar-refractivity contribution in [1.82, 2.24) is 14.5 Å². The third-order valence-electron chi connectivity index (χ3n) is 11.9. The smallest absolute Gasteiger partial charge is 0.148 e. The molecule has 11 aromatic rings. The van der Waals surface area contributed by atoms with Gasteiger partial charge < -0.3 is 9.52 Å². The number of nitrogens with zero attached hydrogens (tertiary/aromatic N) is 3. The van der Waals surface area contributed by atoms with E-state index in [2.05, 4.69) is 170 Å². The van der Waals surface area contributed by atoms with Gasteiger partial charge in [-0.25, -0.2) is 4.98 Å². The Hall–Kier alpha value is -7.07. The van der Waals surface area contributed by atoms with E-state index in [1.165, 1.54) is 5.56 Å². The van der Waals surface area contributed by atoms with E-state index in [0.717, 1.165) is 88.5 Å². The van der Waals surface area contributed by atoms with E-state index in [-0.39, 0.29) is 32.2 Å². The van der Waals surface area contributed by atoms with Gasteiger partial charge in [0.25, 0.3) is 0 Å². The Labute approximate surface area is 367 Å². The van der Waals surface area contributed by atoms with Crippen molar-refractivity contribution in [2.45, 2.75) is 19.3 Å². The number of rotatable bonds is 7. The van der Waals surface area contributed by atoms with Gasteiger partial charge in [0.1, 0.15) is 22.7 Å². The molecule has 6 heteroatoms. The van der Waals surface area contributed by atoms with Gasteiger partial charge in [-0.15, -0.1) is 29.3 Å². The molecule has 0 saturated carbocycles. The summed E-state index contributed by atoms with van der Waals surface area (Å²) in [6.07, 6.45) is 1.87. The number of phenols is 1. The second kappa shape index (κ2) is 15.2. The van der Waals surface area contributed by atoms with Gasteiger partial charge in [-0.1, -0.05) is 152 Å². The van der Waals surface area contributed by atoms with Crippen molar-refractivity contribution in [2.75, 3.05) is 0 Å². The molecule has 0 amide bonds. The summed E-state index contributed by atoms with van der Waals surface area (Å²) < 4.78 is 8.90. The maximum atomic E-state index is 11.3. The van der Waals surface area contributed by atoms with E-state index in [0.29, 0.717) is 11.4 Å². The first kappa shape index (κ1) is 38.2. The minimum Gasteiger partial charge on any atom is -0.507 e. The molecule has 1 N–H and O–H groups in total. The van der Waals surface area contributed by atoms with E-state index < -0.39 is 0 Å². The zero-order valence-corrected chi connectivity index (χ0v) is 35.7. The van der Waals surface area contributed by atoms with E-state index in [1.54, 1.807) is 6.07 Å². The van der Waals surface area contributed by atoms with Crippen LogP contribution >= 0.6 is 0 Å². The minimum atomic E-state index is -0.387. The molecule has 3 aromatic heterocycles. The number of furan rings is 1. The molecule has 296 valence electrons. The predicted octanol–water partition coefficient (Wildman–Crippen LogP) is 14.0. The summed E-state index contributed by atoms with van der Waals surface area (Å²) in [5.74, 6) is 0.798. The largest absolute Gasteiger partial charge is 0.507 e. The molecule has 0 aliphatic rings. The van der Waals surface area contributed by atoms with Crippen molar-refractivity contribution in [3.8, 4) is 56.3 Å². The number of pyridine rings is 1. The third kappa shape index (κ3) is 6.45. The molecule has 11 rings (SSSR count). The molecule has 0 atom stereocenters. The minimum absolute atomic E-state index is 0. The summed E-state index contributed by atoms with van der Waals surface area (Å²) >= 11 is 0. The van der Waals surface area contributed by atoms with Crippen LogP contribution in [0.4, 0.5) is 0 Å². The first-order valence-electron chi connectivity index (χ1n) is 20.2. The molecule has 0 bridgehead atoms. The van der Waals surface area contributed by atoms with Crippen molar-refractivity contribution < 1.29 is 30.6 Å². The van der Waals surface area contributed by atoms with Crippen LogP contribution in [-0.4, -0.2) is 19.6 Å². The molecule has 0 radical (unpaired) electrons. The summed E-state index contributed by atoms with van der Waals surface area (Å²) in [6, 6.07) is 66.1. The fraction of sp³-hybridized carbons (Fsp3) is 0.0545. The molecule has 0 aliphatic carbocycles. The molecule has 0 fully saturated rings. The molecular formula is C55H38N3O2Pt-. The summed E-state index contributed by atoms with van der Waals surface area (Å²) in [7, 11) is 0. The molecule has 0 unspecified atom stereocenters. The summed E-state index contributed by atoms with van der Waals surface area (Å²) in [5.41, 5.74) is 12.2. The predicted molar refractivity (Wildman–Crippen MR) is 244 cm³/mol. The Balaban J connectivity index is 0.00000445. The zero-order valence-electron chi connectivity index (χ0n) is 33.4. The first-order valence-corrected chi connectivity index (χ1v) is 20.2. The third-order valence-corrected chi connectivity index (χ3v) is 11.9. The standard InChI is InChI=1S/C55H38N3O2.Pt/c1-55(2,40-20-7-4-8-21-40)41-31-38(30-39(32-41)51-53-44(28-29-56-51)46-33-36-18-9-10-19-37(36)34-50(46)60-53)43-24-15-26-48-52(43)57-54(45-23-12-14-27-49(45)59)58(48)47-25-13-11-22-42(47)35-16-5-3-6-17-35;/h3-29,31-34,59H,1-2H3;/q-1;. The van der Waals surface area contributed by atoms with Crippen LogP contribution in [0.2, 0.25) is 0 Å². The van der Waals surface area contributed by atoms with Crippen LogP contribution < -0.4 is 0 Å². The molecule has 0 aliphatic heterocycles. The summed E-state index contributed by atoms with van der Waals surface area (Å²) in [5, 5.41) is 15.7. The monoisotopic (exact) mass is 967 g/mol. The number of phenolic OH excluding ortho intramolecular Hbond substituents is 1. The first-order chi connectivity index (χ1) is 29.4. The van der Waals surface area contributed by atoms with E-state index in [4.69, 9.17) is 14.4 Å². The van der Waals surface area contributed by atoms with Gasteiger partial charge in [0, 0.05) is 54.7 Å². The maximum Gasteiger partial charge on any atom is 0.148 e. The van der Waals surface area contributed by atoms with Gasteiger partial charge in [0.05, 0.1) is 22.3 Å². The van der Waals surface area contributed by atoms with Crippen molar-refractivity contribution in [3.63, 3.8) is 0 Å². The van der Waals surface area contributed by atoms with Crippen LogP contribution in [0.3, 0.4) is 0 Å². The van der Waals surface area contributed by atoms with Gasteiger partial charge in [0.2, 0.25) is 0 Å². The van der Waals surface area contributed by atoms with Crippen LogP contribution in [0.15, 0.2) is 193 Å². The van der Waals surface area contributed by atoms with Crippen molar-refractivity contribution in [1.29, 1.82) is 0 Å². The number of imidazole rings is 1. The van der Waals surface area contributed by atoms with Gasteiger partial charge in [0.15, 0.2) is 0 Å². The SMILES string of the molecule is CC(C)(c1ccccc1)c1cc(-c2cccc3c2nc(-c2ccccc2O)n3-c2ccccc2-c2ccccc2)[c-]c(-c2nccc3c2oc2cc4ccccc4cc23)c1.[Pt]. The fourth-order valence-electron chi connectivity index (χ4n) is 8.74. The Kier molecular flexibility index (Phi) is 9.50. The average Bonchev–Trinajstić information content (AvgIpc) is 3.87. The van der Waals surface area contributed by atoms with Crippen molar-refractivity contribution >= 4 is 43.7 Å². The molecule has 5 nitrogen and oxygen atoms in total. The second-order valence-corrected chi connectivity index (χ2v) is 15.9.